The van der Waals surface area contributed by atoms with Crippen LogP contribution in [0.25, 0.3) is 0 Å². The molecule has 0 aliphatic heterocycles. The number of rotatable bonds is 18. The molecular formula is C23H42INO4P+. The number of aryl methyl sites for hydroxylation is 1. The molecule has 1 aromatic carbocycles. The monoisotopic (exact) mass is 554 g/mol. The van der Waals surface area contributed by atoms with Gasteiger partial charge < -0.3 is 9.38 Å². The standard InChI is InChI=1S/C23H41INO4P/c1-25(2,3)19-21-29-30(26,27)28-20-13-11-9-7-5-4-6-8-10-12-14-22-15-17-23(24)18-16-22/h15-18H,4-14,19-21H2,1-3H3/p+1. The number of hydrogen-bond acceptors (Lipinski definition) is 3. The zero-order valence-corrected chi connectivity index (χ0v) is 22.2. The van der Waals surface area contributed by atoms with E-state index in [0.717, 1.165) is 19.3 Å². The van der Waals surface area contributed by atoms with E-state index in [1.165, 1.54) is 60.5 Å². The van der Waals surface area contributed by atoms with Crippen molar-refractivity contribution in [2.45, 2.75) is 70.6 Å². The van der Waals surface area contributed by atoms with E-state index >= 15 is 0 Å². The largest absolute Gasteiger partial charge is 0.472 e. The van der Waals surface area contributed by atoms with Gasteiger partial charge in [0.15, 0.2) is 0 Å². The topological polar surface area (TPSA) is 55.8 Å². The Balaban J connectivity index is 1.86. The minimum absolute atomic E-state index is 0.225. The Bertz CT molecular complexity index is 604. The molecule has 0 heterocycles. The van der Waals surface area contributed by atoms with E-state index in [1.807, 2.05) is 21.1 Å². The van der Waals surface area contributed by atoms with Crippen LogP contribution in [-0.4, -0.2) is 50.3 Å². The van der Waals surface area contributed by atoms with Gasteiger partial charge in [0, 0.05) is 3.57 Å². The van der Waals surface area contributed by atoms with Crippen molar-refractivity contribution >= 4 is 30.4 Å². The molecule has 1 rings (SSSR count). The van der Waals surface area contributed by atoms with E-state index in [-0.39, 0.29) is 6.61 Å². The van der Waals surface area contributed by atoms with Crippen LogP contribution in [0.4, 0.5) is 0 Å². The Hall–Kier alpha value is 0.0200. The summed E-state index contributed by atoms with van der Waals surface area (Å²) in [5.41, 5.74) is 1.45. The lowest BCUT2D eigenvalue weighted by molar-refractivity contribution is -0.870. The van der Waals surface area contributed by atoms with Crippen LogP contribution in [0.5, 0.6) is 0 Å². The van der Waals surface area contributed by atoms with Gasteiger partial charge in [-0.1, -0.05) is 63.5 Å². The number of nitrogens with zero attached hydrogens (tertiary/aromatic N) is 1. The molecule has 5 nitrogen and oxygen atoms in total. The van der Waals surface area contributed by atoms with Gasteiger partial charge in [-0.2, -0.15) is 0 Å². The number of phosphoric acid groups is 1. The summed E-state index contributed by atoms with van der Waals surface area (Å²) < 4.78 is 23.8. The van der Waals surface area contributed by atoms with Gasteiger partial charge in [0.1, 0.15) is 13.2 Å². The lowest BCUT2D eigenvalue weighted by Gasteiger charge is -2.24. The third-order valence-electron chi connectivity index (χ3n) is 5.04. The molecule has 1 atom stereocenters. The van der Waals surface area contributed by atoms with Gasteiger partial charge in [-0.25, -0.2) is 4.57 Å². The lowest BCUT2D eigenvalue weighted by Crippen LogP contribution is -2.37. The zero-order valence-electron chi connectivity index (χ0n) is 19.2. The highest BCUT2D eigenvalue weighted by Gasteiger charge is 2.21. The quantitative estimate of drug-likeness (QED) is 0.0965. The Morgan fingerprint density at radius 3 is 1.80 bits per heavy atom. The van der Waals surface area contributed by atoms with Crippen LogP contribution in [0.1, 0.15) is 69.8 Å². The van der Waals surface area contributed by atoms with E-state index in [0.29, 0.717) is 17.6 Å². The highest BCUT2D eigenvalue weighted by atomic mass is 127. The molecule has 0 bridgehead atoms. The number of quaternary nitrogens is 1. The van der Waals surface area contributed by atoms with Crippen molar-refractivity contribution in [2.75, 3.05) is 40.9 Å². The van der Waals surface area contributed by atoms with Crippen LogP contribution in [0, 0.1) is 3.57 Å². The SMILES string of the molecule is C[N+](C)(C)CCOP(=O)(O)OCCCCCCCCCCCCc1ccc(I)cc1. The molecule has 0 radical (unpaired) electrons. The second-order valence-electron chi connectivity index (χ2n) is 9.06. The summed E-state index contributed by atoms with van der Waals surface area (Å²) in [6.07, 6.45) is 13.3. The third kappa shape index (κ3) is 16.7. The number of halogens is 1. The van der Waals surface area contributed by atoms with E-state index in [1.54, 1.807) is 0 Å². The molecule has 30 heavy (non-hydrogen) atoms. The average Bonchev–Trinajstić information content (AvgIpc) is 2.65. The molecular weight excluding hydrogens is 512 g/mol. The van der Waals surface area contributed by atoms with Gasteiger partial charge in [-0.05, 0) is 59.5 Å². The fourth-order valence-electron chi connectivity index (χ4n) is 3.14. The average molecular weight is 554 g/mol. The van der Waals surface area contributed by atoms with Gasteiger partial charge in [0.25, 0.3) is 0 Å². The van der Waals surface area contributed by atoms with Crippen molar-refractivity contribution in [1.82, 2.24) is 0 Å². The highest BCUT2D eigenvalue weighted by molar-refractivity contribution is 14.1. The Morgan fingerprint density at radius 1 is 0.800 bits per heavy atom. The van der Waals surface area contributed by atoms with Crippen LogP contribution in [0.15, 0.2) is 24.3 Å². The Labute approximate surface area is 197 Å². The first-order chi connectivity index (χ1) is 14.2. The molecule has 7 heteroatoms. The summed E-state index contributed by atoms with van der Waals surface area (Å²) in [4.78, 5) is 9.65. The van der Waals surface area contributed by atoms with Crippen molar-refractivity contribution in [3.8, 4) is 0 Å². The summed E-state index contributed by atoms with van der Waals surface area (Å²) in [6, 6.07) is 8.86. The van der Waals surface area contributed by atoms with Gasteiger partial charge in [0.2, 0.25) is 0 Å². The molecule has 1 N–H and O–H groups in total. The van der Waals surface area contributed by atoms with Gasteiger partial charge in [0.05, 0.1) is 27.7 Å². The minimum Gasteiger partial charge on any atom is -0.329 e. The van der Waals surface area contributed by atoms with Crippen LogP contribution >= 0.6 is 30.4 Å². The Morgan fingerprint density at radius 2 is 1.27 bits per heavy atom. The molecule has 0 aliphatic carbocycles. The third-order valence-corrected chi connectivity index (χ3v) is 6.78. The Kier molecular flexibility index (Phi) is 14.7. The van der Waals surface area contributed by atoms with Crippen molar-refractivity contribution in [2.24, 2.45) is 0 Å². The van der Waals surface area contributed by atoms with Crippen LogP contribution < -0.4 is 0 Å². The summed E-state index contributed by atoms with van der Waals surface area (Å²) in [5.74, 6) is 0. The van der Waals surface area contributed by atoms with Crippen molar-refractivity contribution < 1.29 is 23.0 Å². The van der Waals surface area contributed by atoms with Crippen LogP contribution in [0.2, 0.25) is 0 Å². The predicted octanol–water partition coefficient (Wildman–Crippen LogP) is 6.57. The highest BCUT2D eigenvalue weighted by Crippen LogP contribution is 2.43. The first kappa shape index (κ1) is 28.1. The van der Waals surface area contributed by atoms with E-state index < -0.39 is 7.82 Å². The smallest absolute Gasteiger partial charge is 0.329 e. The van der Waals surface area contributed by atoms with Crippen molar-refractivity contribution in [3.63, 3.8) is 0 Å². The maximum atomic E-state index is 11.8. The van der Waals surface area contributed by atoms with E-state index in [4.69, 9.17) is 9.05 Å². The maximum absolute atomic E-state index is 11.8. The summed E-state index contributed by atoms with van der Waals surface area (Å²) in [5, 5.41) is 0. The summed E-state index contributed by atoms with van der Waals surface area (Å²) in [6.45, 7) is 1.18. The van der Waals surface area contributed by atoms with Crippen LogP contribution in [-0.2, 0) is 20.0 Å². The molecule has 174 valence electrons. The maximum Gasteiger partial charge on any atom is 0.472 e. The van der Waals surface area contributed by atoms with Gasteiger partial charge in [-0.3, -0.25) is 9.05 Å². The van der Waals surface area contributed by atoms with Gasteiger partial charge >= 0.3 is 7.82 Å². The predicted molar refractivity (Wildman–Crippen MR) is 134 cm³/mol. The minimum atomic E-state index is -3.89. The van der Waals surface area contributed by atoms with Crippen molar-refractivity contribution in [3.05, 3.63) is 33.4 Å². The van der Waals surface area contributed by atoms with Gasteiger partial charge in [-0.15, -0.1) is 0 Å². The molecule has 1 unspecified atom stereocenters. The fourth-order valence-corrected chi connectivity index (χ4v) is 4.25. The molecule has 0 fully saturated rings. The normalized spacial score (nSPS) is 14.0. The summed E-state index contributed by atoms with van der Waals surface area (Å²) >= 11 is 2.35. The number of unbranched alkanes of at least 4 members (excludes halogenated alkanes) is 9. The number of likely N-dealkylation sites (N-methyl/N-ethyl adjacent to an activating group) is 1. The second-order valence-corrected chi connectivity index (χ2v) is 11.8. The molecule has 0 spiro atoms. The first-order valence-electron chi connectivity index (χ1n) is 11.3. The zero-order chi connectivity index (χ0) is 22.3. The van der Waals surface area contributed by atoms with E-state index in [9.17, 15) is 9.46 Å². The number of phosphoric ester groups is 1. The molecule has 0 saturated carbocycles. The van der Waals surface area contributed by atoms with Crippen LogP contribution in [0.3, 0.4) is 0 Å². The molecule has 0 saturated heterocycles. The molecule has 0 amide bonds. The summed E-state index contributed by atoms with van der Waals surface area (Å²) in [7, 11) is 2.15. The first-order valence-corrected chi connectivity index (χ1v) is 13.9. The van der Waals surface area contributed by atoms with E-state index in [2.05, 4.69) is 46.9 Å². The lowest BCUT2D eigenvalue weighted by atomic mass is 10.0. The fraction of sp³-hybridized carbons (Fsp3) is 0.739. The number of benzene rings is 1. The molecule has 1 aromatic rings. The molecule has 0 aromatic heterocycles. The second kappa shape index (κ2) is 15.8. The number of hydrogen-bond donors (Lipinski definition) is 1. The van der Waals surface area contributed by atoms with Crippen molar-refractivity contribution in [1.29, 1.82) is 0 Å². The molecule has 0 aliphatic rings.